The standard InChI is InChI=1S/C19H22N2O5/c1-25-16-10-6-9-14(17(16)26-2)11-20-19(24)15(12-22)21-18(23)13-7-4-3-5-8-13/h3-10,15,22H,11-12H2,1-2H3,(H,20,24)(H,21,23)/t15-/m1/s1. The lowest BCUT2D eigenvalue weighted by molar-refractivity contribution is -0.124. The summed E-state index contributed by atoms with van der Waals surface area (Å²) in [7, 11) is 3.04. The van der Waals surface area contributed by atoms with Crippen LogP contribution in [0.25, 0.3) is 0 Å². The van der Waals surface area contributed by atoms with E-state index >= 15 is 0 Å². The first-order chi connectivity index (χ1) is 12.6. The van der Waals surface area contributed by atoms with Gasteiger partial charge in [-0.05, 0) is 18.2 Å². The van der Waals surface area contributed by atoms with Gasteiger partial charge in [0, 0.05) is 17.7 Å². The van der Waals surface area contributed by atoms with Gasteiger partial charge < -0.3 is 25.2 Å². The smallest absolute Gasteiger partial charge is 0.251 e. The lowest BCUT2D eigenvalue weighted by Gasteiger charge is -2.17. The number of rotatable bonds is 8. The Hall–Kier alpha value is -3.06. The van der Waals surface area contributed by atoms with Crippen molar-refractivity contribution in [3.05, 3.63) is 59.7 Å². The van der Waals surface area contributed by atoms with Crippen molar-refractivity contribution in [2.24, 2.45) is 0 Å². The SMILES string of the molecule is COc1cccc(CNC(=O)[C@@H](CO)NC(=O)c2ccccc2)c1OC. The first-order valence-corrected chi connectivity index (χ1v) is 8.05. The molecule has 0 spiro atoms. The number of carbonyl (C=O) groups is 2. The molecule has 3 N–H and O–H groups in total. The van der Waals surface area contributed by atoms with Crippen LogP contribution in [0.1, 0.15) is 15.9 Å². The van der Waals surface area contributed by atoms with Gasteiger partial charge in [0.1, 0.15) is 6.04 Å². The van der Waals surface area contributed by atoms with Crippen LogP contribution >= 0.6 is 0 Å². The molecule has 7 heteroatoms. The zero-order valence-corrected chi connectivity index (χ0v) is 14.7. The minimum atomic E-state index is -1.06. The van der Waals surface area contributed by atoms with Crippen molar-refractivity contribution in [2.45, 2.75) is 12.6 Å². The highest BCUT2D eigenvalue weighted by atomic mass is 16.5. The van der Waals surface area contributed by atoms with Crippen LogP contribution in [0.4, 0.5) is 0 Å². The van der Waals surface area contributed by atoms with Gasteiger partial charge in [-0.3, -0.25) is 9.59 Å². The van der Waals surface area contributed by atoms with Gasteiger partial charge in [-0.15, -0.1) is 0 Å². The summed E-state index contributed by atoms with van der Waals surface area (Å²) in [4.78, 5) is 24.4. The van der Waals surface area contributed by atoms with Crippen LogP contribution in [-0.2, 0) is 11.3 Å². The Balaban J connectivity index is 2.00. The van der Waals surface area contributed by atoms with Crippen molar-refractivity contribution in [2.75, 3.05) is 20.8 Å². The van der Waals surface area contributed by atoms with Gasteiger partial charge in [-0.2, -0.15) is 0 Å². The summed E-state index contributed by atoms with van der Waals surface area (Å²) < 4.78 is 10.5. The molecule has 0 radical (unpaired) electrons. The molecule has 1 atom stereocenters. The monoisotopic (exact) mass is 358 g/mol. The quantitative estimate of drug-likeness (QED) is 0.657. The van der Waals surface area contributed by atoms with Crippen molar-refractivity contribution in [3.8, 4) is 11.5 Å². The molecule has 7 nitrogen and oxygen atoms in total. The lowest BCUT2D eigenvalue weighted by atomic mass is 10.1. The van der Waals surface area contributed by atoms with E-state index in [4.69, 9.17) is 9.47 Å². The molecule has 0 aromatic heterocycles. The van der Waals surface area contributed by atoms with Crippen molar-refractivity contribution in [3.63, 3.8) is 0 Å². The summed E-state index contributed by atoms with van der Waals surface area (Å²) in [6.45, 7) is -0.351. The van der Waals surface area contributed by atoms with E-state index in [0.717, 1.165) is 0 Å². The van der Waals surface area contributed by atoms with E-state index in [1.54, 1.807) is 48.5 Å². The summed E-state index contributed by atoms with van der Waals surface area (Å²) in [5.41, 5.74) is 1.12. The van der Waals surface area contributed by atoms with E-state index in [1.807, 2.05) is 0 Å². The second-order valence-electron chi connectivity index (χ2n) is 5.45. The maximum absolute atomic E-state index is 12.3. The minimum Gasteiger partial charge on any atom is -0.493 e. The number of methoxy groups -OCH3 is 2. The average Bonchev–Trinajstić information content (AvgIpc) is 2.70. The second kappa shape index (κ2) is 9.43. The van der Waals surface area contributed by atoms with Gasteiger partial charge >= 0.3 is 0 Å². The van der Waals surface area contributed by atoms with Crippen molar-refractivity contribution >= 4 is 11.8 Å². The Morgan fingerprint density at radius 2 is 1.77 bits per heavy atom. The molecule has 2 amide bonds. The molecule has 0 aliphatic carbocycles. The summed E-state index contributed by atoms with van der Waals surface area (Å²) >= 11 is 0. The van der Waals surface area contributed by atoms with Crippen LogP contribution in [0.15, 0.2) is 48.5 Å². The largest absolute Gasteiger partial charge is 0.493 e. The normalized spacial score (nSPS) is 11.3. The molecule has 0 saturated heterocycles. The second-order valence-corrected chi connectivity index (χ2v) is 5.45. The number of carbonyl (C=O) groups excluding carboxylic acids is 2. The Bertz CT molecular complexity index is 749. The topological polar surface area (TPSA) is 96.9 Å². The molecular weight excluding hydrogens is 336 g/mol. The van der Waals surface area contributed by atoms with Crippen molar-refractivity contribution < 1.29 is 24.2 Å². The van der Waals surface area contributed by atoms with Crippen molar-refractivity contribution in [1.82, 2.24) is 10.6 Å². The van der Waals surface area contributed by atoms with E-state index in [0.29, 0.717) is 22.6 Å². The summed E-state index contributed by atoms with van der Waals surface area (Å²) in [6, 6.07) is 12.7. The van der Waals surface area contributed by atoms with Crippen LogP contribution in [0, 0.1) is 0 Å². The van der Waals surface area contributed by atoms with E-state index in [9.17, 15) is 14.7 Å². The first kappa shape index (κ1) is 19.3. The maximum Gasteiger partial charge on any atom is 0.251 e. The number of para-hydroxylation sites is 1. The Kier molecular flexibility index (Phi) is 6.99. The van der Waals surface area contributed by atoms with E-state index < -0.39 is 24.5 Å². The van der Waals surface area contributed by atoms with E-state index in [-0.39, 0.29) is 6.54 Å². The Labute approximate surface area is 151 Å². The number of hydrogen-bond donors (Lipinski definition) is 3. The van der Waals surface area contributed by atoms with Gasteiger partial charge in [0.2, 0.25) is 5.91 Å². The van der Waals surface area contributed by atoms with Gasteiger partial charge in [-0.1, -0.05) is 30.3 Å². The molecule has 2 aromatic carbocycles. The molecular formula is C19H22N2O5. The molecule has 0 heterocycles. The van der Waals surface area contributed by atoms with E-state index in [1.165, 1.54) is 14.2 Å². The predicted molar refractivity (Wildman–Crippen MR) is 96.2 cm³/mol. The minimum absolute atomic E-state index is 0.164. The fraction of sp³-hybridized carbons (Fsp3) is 0.263. The number of ether oxygens (including phenoxy) is 2. The third kappa shape index (κ3) is 4.73. The van der Waals surface area contributed by atoms with Gasteiger partial charge in [-0.25, -0.2) is 0 Å². The van der Waals surface area contributed by atoms with Crippen LogP contribution in [0.3, 0.4) is 0 Å². The van der Waals surface area contributed by atoms with Crippen LogP contribution in [-0.4, -0.2) is 43.8 Å². The highest BCUT2D eigenvalue weighted by Gasteiger charge is 2.21. The number of amides is 2. The molecule has 2 rings (SSSR count). The number of hydrogen-bond acceptors (Lipinski definition) is 5. The van der Waals surface area contributed by atoms with Crippen LogP contribution < -0.4 is 20.1 Å². The summed E-state index contributed by atoms with van der Waals surface area (Å²) in [5.74, 6) is 0.139. The predicted octanol–water partition coefficient (Wildman–Crippen LogP) is 1.11. The molecule has 2 aromatic rings. The fourth-order valence-corrected chi connectivity index (χ4v) is 2.42. The Morgan fingerprint density at radius 1 is 1.04 bits per heavy atom. The highest BCUT2D eigenvalue weighted by Crippen LogP contribution is 2.30. The van der Waals surface area contributed by atoms with Gasteiger partial charge in [0.25, 0.3) is 5.91 Å². The molecule has 0 saturated carbocycles. The molecule has 0 aliphatic rings. The molecule has 0 fully saturated rings. The molecule has 138 valence electrons. The third-order valence-corrected chi connectivity index (χ3v) is 3.78. The zero-order chi connectivity index (χ0) is 18.9. The fourth-order valence-electron chi connectivity index (χ4n) is 2.42. The molecule has 0 unspecified atom stereocenters. The van der Waals surface area contributed by atoms with Crippen LogP contribution in [0.2, 0.25) is 0 Å². The van der Waals surface area contributed by atoms with E-state index in [2.05, 4.69) is 10.6 Å². The number of aliphatic hydroxyl groups excluding tert-OH is 1. The van der Waals surface area contributed by atoms with Gasteiger partial charge in [0.05, 0.1) is 20.8 Å². The third-order valence-electron chi connectivity index (χ3n) is 3.78. The number of aliphatic hydroxyl groups is 1. The maximum atomic E-state index is 12.3. The summed E-state index contributed by atoms with van der Waals surface area (Å²) in [5, 5.41) is 14.6. The molecule has 0 bridgehead atoms. The van der Waals surface area contributed by atoms with Crippen molar-refractivity contribution in [1.29, 1.82) is 0 Å². The average molecular weight is 358 g/mol. The van der Waals surface area contributed by atoms with Crippen LogP contribution in [0.5, 0.6) is 11.5 Å². The first-order valence-electron chi connectivity index (χ1n) is 8.05. The Morgan fingerprint density at radius 3 is 2.38 bits per heavy atom. The highest BCUT2D eigenvalue weighted by molar-refractivity contribution is 5.97. The number of benzene rings is 2. The summed E-state index contributed by atoms with van der Waals surface area (Å²) in [6.07, 6.45) is 0. The zero-order valence-electron chi connectivity index (χ0n) is 14.7. The molecule has 26 heavy (non-hydrogen) atoms. The van der Waals surface area contributed by atoms with Gasteiger partial charge in [0.15, 0.2) is 11.5 Å². The lowest BCUT2D eigenvalue weighted by Crippen LogP contribution is -2.48. The number of nitrogens with one attached hydrogen (secondary N) is 2. The molecule has 0 aliphatic heterocycles.